The Morgan fingerprint density at radius 2 is 1.71 bits per heavy atom. The van der Waals surface area contributed by atoms with Crippen LogP contribution >= 0.6 is 0 Å². The summed E-state index contributed by atoms with van der Waals surface area (Å²) in [5.41, 5.74) is 9.77. The number of aromatic nitrogens is 1. The van der Waals surface area contributed by atoms with Crippen molar-refractivity contribution in [2.45, 2.75) is 46.0 Å². The van der Waals surface area contributed by atoms with Gasteiger partial charge in [-0.1, -0.05) is 60.7 Å². The number of H-pyrrole nitrogens is 1. The predicted octanol–water partition coefficient (Wildman–Crippen LogP) is 6.93. The second-order valence-electron chi connectivity index (χ2n) is 9.46. The first-order chi connectivity index (χ1) is 16.5. The minimum atomic E-state index is -0.887. The zero-order chi connectivity index (χ0) is 23.7. The molecule has 2 heterocycles. The summed E-state index contributed by atoms with van der Waals surface area (Å²) in [6.45, 7) is 6.41. The van der Waals surface area contributed by atoms with Gasteiger partial charge in [-0.2, -0.15) is 0 Å². The number of fused-ring (bicyclic) bond motifs is 2. The number of para-hydroxylation sites is 2. The van der Waals surface area contributed by atoms with E-state index in [-0.39, 0.29) is 0 Å². The fourth-order valence-corrected chi connectivity index (χ4v) is 5.59. The topological polar surface area (TPSA) is 56.3 Å². The summed E-state index contributed by atoms with van der Waals surface area (Å²) in [5, 5.41) is 11.0. The fourth-order valence-electron chi connectivity index (χ4n) is 5.59. The molecule has 4 heteroatoms. The number of nitrogens with zero attached hydrogens (tertiary/aromatic N) is 1. The lowest BCUT2D eigenvalue weighted by Gasteiger charge is -2.33. The van der Waals surface area contributed by atoms with Crippen LogP contribution in [0.1, 0.15) is 52.0 Å². The summed E-state index contributed by atoms with van der Waals surface area (Å²) in [4.78, 5) is 17.9. The lowest BCUT2D eigenvalue weighted by Crippen LogP contribution is -2.31. The van der Waals surface area contributed by atoms with Crippen LogP contribution in [0.25, 0.3) is 22.0 Å². The lowest BCUT2D eigenvalue weighted by atomic mass is 9.96. The van der Waals surface area contributed by atoms with E-state index in [1.54, 1.807) is 0 Å². The second-order valence-corrected chi connectivity index (χ2v) is 9.46. The SMILES string of the molecule is Cc1ccccc1-c1cccc2c(CCCCN3CCCc4cccc(C)c43)c(C(=O)O)[nH]c12. The Balaban J connectivity index is 1.38. The summed E-state index contributed by atoms with van der Waals surface area (Å²) >= 11 is 0. The molecule has 0 radical (unpaired) electrons. The molecular formula is C30H32N2O2. The zero-order valence-corrected chi connectivity index (χ0v) is 20.0. The zero-order valence-electron chi connectivity index (χ0n) is 20.0. The van der Waals surface area contributed by atoms with Gasteiger partial charge < -0.3 is 15.0 Å². The van der Waals surface area contributed by atoms with E-state index in [1.165, 1.54) is 28.8 Å². The van der Waals surface area contributed by atoms with E-state index in [9.17, 15) is 9.90 Å². The second kappa shape index (κ2) is 9.38. The molecule has 0 fully saturated rings. The molecular weight excluding hydrogens is 420 g/mol. The molecule has 174 valence electrons. The highest BCUT2D eigenvalue weighted by atomic mass is 16.4. The highest BCUT2D eigenvalue weighted by Crippen LogP contribution is 2.34. The third-order valence-corrected chi connectivity index (χ3v) is 7.21. The molecule has 0 atom stereocenters. The molecule has 0 bridgehead atoms. The standard InChI is InChI=1S/C30H32N2O2/c1-20-10-3-4-14-23(20)24-16-8-17-25-26(28(30(33)34)31-27(24)25)15-5-6-18-32-19-9-13-22-12-7-11-21(2)29(22)32/h3-4,7-8,10-12,14,16-17,31H,5-6,9,13,15,18-19H2,1-2H3,(H,33,34). The molecule has 0 aliphatic carbocycles. The molecule has 2 N–H and O–H groups in total. The summed E-state index contributed by atoms with van der Waals surface area (Å²) in [7, 11) is 0. The highest BCUT2D eigenvalue weighted by molar-refractivity contribution is 6.03. The van der Waals surface area contributed by atoms with Crippen LogP contribution in [0.15, 0.2) is 60.7 Å². The first-order valence-corrected chi connectivity index (χ1v) is 12.3. The molecule has 0 amide bonds. The van der Waals surface area contributed by atoms with Crippen LogP contribution < -0.4 is 4.90 Å². The van der Waals surface area contributed by atoms with Crippen LogP contribution in [0.3, 0.4) is 0 Å². The van der Waals surface area contributed by atoms with Crippen LogP contribution in [0.5, 0.6) is 0 Å². The van der Waals surface area contributed by atoms with Crippen molar-refractivity contribution in [1.82, 2.24) is 4.98 Å². The van der Waals surface area contributed by atoms with Crippen molar-refractivity contribution < 1.29 is 9.90 Å². The number of anilines is 1. The molecule has 4 nitrogen and oxygen atoms in total. The Kier molecular flexibility index (Phi) is 6.14. The van der Waals surface area contributed by atoms with Gasteiger partial charge in [-0.05, 0) is 73.8 Å². The van der Waals surface area contributed by atoms with Gasteiger partial charge in [-0.15, -0.1) is 0 Å². The first kappa shape index (κ1) is 22.3. The van der Waals surface area contributed by atoms with Crippen molar-refractivity contribution in [2.75, 3.05) is 18.0 Å². The summed E-state index contributed by atoms with van der Waals surface area (Å²) in [6.07, 6.45) is 5.11. The van der Waals surface area contributed by atoms with Crippen molar-refractivity contribution in [2.24, 2.45) is 0 Å². The summed E-state index contributed by atoms with van der Waals surface area (Å²) in [5.74, 6) is -0.887. The number of aryl methyl sites for hydroxylation is 4. The number of unbranched alkanes of at least 4 members (excludes halogenated alkanes) is 1. The highest BCUT2D eigenvalue weighted by Gasteiger charge is 2.21. The third kappa shape index (κ3) is 4.09. The Labute approximate surface area is 201 Å². The normalized spacial score (nSPS) is 13.3. The van der Waals surface area contributed by atoms with Gasteiger partial charge in [-0.25, -0.2) is 4.79 Å². The van der Waals surface area contributed by atoms with E-state index < -0.39 is 5.97 Å². The Bertz CT molecular complexity index is 1350. The van der Waals surface area contributed by atoms with Gasteiger partial charge in [0.25, 0.3) is 0 Å². The van der Waals surface area contributed by atoms with E-state index in [2.05, 4.69) is 66.2 Å². The van der Waals surface area contributed by atoms with Gasteiger partial charge in [0.05, 0.1) is 5.52 Å². The van der Waals surface area contributed by atoms with Gasteiger partial charge in [0.15, 0.2) is 0 Å². The maximum Gasteiger partial charge on any atom is 0.352 e. The molecule has 0 saturated heterocycles. The van der Waals surface area contributed by atoms with Gasteiger partial charge in [0, 0.05) is 29.7 Å². The molecule has 1 aliphatic rings. The molecule has 0 saturated carbocycles. The monoisotopic (exact) mass is 452 g/mol. The number of carbonyl (C=O) groups is 1. The van der Waals surface area contributed by atoms with Crippen LogP contribution in [0, 0.1) is 13.8 Å². The number of aromatic carboxylic acids is 1. The van der Waals surface area contributed by atoms with Gasteiger partial charge >= 0.3 is 5.97 Å². The van der Waals surface area contributed by atoms with Crippen LogP contribution in [-0.4, -0.2) is 29.1 Å². The average Bonchev–Trinajstić information content (AvgIpc) is 3.21. The summed E-state index contributed by atoms with van der Waals surface area (Å²) in [6, 6.07) is 21.0. The predicted molar refractivity (Wildman–Crippen MR) is 140 cm³/mol. The van der Waals surface area contributed by atoms with Crippen LogP contribution in [-0.2, 0) is 12.8 Å². The number of carboxylic acids is 1. The van der Waals surface area contributed by atoms with Crippen molar-refractivity contribution >= 4 is 22.6 Å². The number of hydrogen-bond acceptors (Lipinski definition) is 2. The number of benzene rings is 3. The number of hydrogen-bond donors (Lipinski definition) is 2. The molecule has 5 rings (SSSR count). The minimum Gasteiger partial charge on any atom is -0.477 e. The van der Waals surface area contributed by atoms with Gasteiger partial charge in [-0.3, -0.25) is 0 Å². The molecule has 0 spiro atoms. The van der Waals surface area contributed by atoms with Crippen molar-refractivity contribution in [1.29, 1.82) is 0 Å². The van der Waals surface area contributed by atoms with E-state index in [0.717, 1.165) is 66.4 Å². The first-order valence-electron chi connectivity index (χ1n) is 12.3. The van der Waals surface area contributed by atoms with E-state index in [1.807, 2.05) is 18.2 Å². The molecule has 0 unspecified atom stereocenters. The van der Waals surface area contributed by atoms with E-state index >= 15 is 0 Å². The van der Waals surface area contributed by atoms with E-state index in [0.29, 0.717) is 5.69 Å². The smallest absolute Gasteiger partial charge is 0.352 e. The van der Waals surface area contributed by atoms with Crippen molar-refractivity contribution in [3.05, 3.63) is 88.6 Å². The third-order valence-electron chi connectivity index (χ3n) is 7.21. The van der Waals surface area contributed by atoms with Gasteiger partial charge in [0.1, 0.15) is 5.69 Å². The van der Waals surface area contributed by atoms with Crippen molar-refractivity contribution in [3.63, 3.8) is 0 Å². The molecule has 34 heavy (non-hydrogen) atoms. The molecule has 3 aromatic carbocycles. The largest absolute Gasteiger partial charge is 0.477 e. The minimum absolute atomic E-state index is 0.329. The molecule has 4 aromatic rings. The quantitative estimate of drug-likeness (QED) is 0.299. The lowest BCUT2D eigenvalue weighted by molar-refractivity contribution is 0.0690. The maximum absolute atomic E-state index is 12.1. The Morgan fingerprint density at radius 1 is 0.941 bits per heavy atom. The maximum atomic E-state index is 12.1. The Morgan fingerprint density at radius 3 is 2.53 bits per heavy atom. The average molecular weight is 453 g/mol. The number of nitrogens with one attached hydrogen (secondary N) is 1. The van der Waals surface area contributed by atoms with Crippen molar-refractivity contribution in [3.8, 4) is 11.1 Å². The fraction of sp³-hybridized carbons (Fsp3) is 0.300. The number of rotatable bonds is 7. The molecule has 1 aromatic heterocycles. The van der Waals surface area contributed by atoms with Crippen LogP contribution in [0.2, 0.25) is 0 Å². The molecule has 1 aliphatic heterocycles. The number of carboxylic acid groups (broad SMARTS) is 1. The van der Waals surface area contributed by atoms with Gasteiger partial charge in [0.2, 0.25) is 0 Å². The van der Waals surface area contributed by atoms with Crippen LogP contribution in [0.4, 0.5) is 5.69 Å². The Hall–Kier alpha value is -3.53. The van der Waals surface area contributed by atoms with E-state index in [4.69, 9.17) is 0 Å². The summed E-state index contributed by atoms with van der Waals surface area (Å²) < 4.78 is 0. The number of aromatic amines is 1.